The summed E-state index contributed by atoms with van der Waals surface area (Å²) < 4.78 is 26.5. The number of carbonyl (C=O) groups excluding carboxylic acids is 2. The van der Waals surface area contributed by atoms with Crippen LogP contribution in [-0.2, 0) is 26.2 Å². The van der Waals surface area contributed by atoms with E-state index in [0.29, 0.717) is 15.7 Å². The topological polar surface area (TPSA) is 86.8 Å². The predicted octanol–water partition coefficient (Wildman–Crippen LogP) is 5.49. The lowest BCUT2D eigenvalue weighted by Crippen LogP contribution is -2.52. The molecule has 0 spiro atoms. The average Bonchev–Trinajstić information content (AvgIpc) is 2.77. The molecule has 10 heteroatoms. The fraction of sp³-hybridized carbons (Fsp3) is 0.481. The molecule has 0 saturated carbocycles. The lowest BCUT2D eigenvalue weighted by atomic mass is 10.1. The molecule has 1 atom stereocenters. The fourth-order valence-electron chi connectivity index (χ4n) is 3.88. The third kappa shape index (κ3) is 8.90. The van der Waals surface area contributed by atoms with Gasteiger partial charge < -0.3 is 10.2 Å². The van der Waals surface area contributed by atoms with Gasteiger partial charge in [-0.2, -0.15) is 0 Å². The van der Waals surface area contributed by atoms with Gasteiger partial charge in [-0.3, -0.25) is 13.9 Å². The van der Waals surface area contributed by atoms with Gasteiger partial charge in [0.05, 0.1) is 22.0 Å². The van der Waals surface area contributed by atoms with Gasteiger partial charge in [0.1, 0.15) is 6.04 Å². The van der Waals surface area contributed by atoms with Gasteiger partial charge in [0, 0.05) is 25.0 Å². The second-order valence-corrected chi connectivity index (χ2v) is 13.1. The number of amides is 2. The molecule has 2 aromatic rings. The van der Waals surface area contributed by atoms with Crippen molar-refractivity contribution in [2.24, 2.45) is 0 Å². The standard InChI is InChI=1S/C27H37Cl2N3O4S/c1-18-10-8-11-24(19(18)2)32(37(7,35)36)15-9-12-25(33)31(20(3)26(34)30-27(4,5)6)17-21-13-14-22(28)23(29)16-21/h8,10-11,13-14,16,20H,9,12,15,17H2,1-7H3,(H,30,34). The number of benzene rings is 2. The Morgan fingerprint density at radius 2 is 1.70 bits per heavy atom. The van der Waals surface area contributed by atoms with Crippen LogP contribution in [0.4, 0.5) is 5.69 Å². The fourth-order valence-corrected chi connectivity index (χ4v) is 5.22. The highest BCUT2D eigenvalue weighted by atomic mass is 35.5. The number of rotatable bonds is 10. The summed E-state index contributed by atoms with van der Waals surface area (Å²) in [4.78, 5) is 27.9. The zero-order chi connectivity index (χ0) is 28.1. The van der Waals surface area contributed by atoms with Gasteiger partial charge in [0.25, 0.3) is 0 Å². The second-order valence-electron chi connectivity index (χ2n) is 10.3. The third-order valence-corrected chi connectivity index (χ3v) is 7.92. The van der Waals surface area contributed by atoms with E-state index in [9.17, 15) is 18.0 Å². The van der Waals surface area contributed by atoms with Crippen molar-refractivity contribution < 1.29 is 18.0 Å². The Morgan fingerprint density at radius 1 is 1.05 bits per heavy atom. The molecule has 0 fully saturated rings. The molecule has 2 aromatic carbocycles. The maximum absolute atomic E-state index is 13.4. The minimum atomic E-state index is -3.57. The van der Waals surface area contributed by atoms with Crippen LogP contribution in [0.15, 0.2) is 36.4 Å². The van der Waals surface area contributed by atoms with E-state index >= 15 is 0 Å². The molecule has 0 aliphatic rings. The summed E-state index contributed by atoms with van der Waals surface area (Å²) in [6.07, 6.45) is 1.50. The van der Waals surface area contributed by atoms with Gasteiger partial charge >= 0.3 is 0 Å². The third-order valence-electron chi connectivity index (χ3n) is 6.00. The Bertz CT molecular complexity index is 1240. The molecule has 2 rings (SSSR count). The Balaban J connectivity index is 2.25. The van der Waals surface area contributed by atoms with Crippen molar-refractivity contribution in [1.82, 2.24) is 10.2 Å². The second kappa shape index (κ2) is 12.5. The first-order valence-electron chi connectivity index (χ1n) is 12.1. The number of halogens is 2. The SMILES string of the molecule is Cc1cccc(N(CCCC(=O)N(Cc2ccc(Cl)c(Cl)c2)C(C)C(=O)NC(C)(C)C)S(C)(=O)=O)c1C. The number of nitrogens with zero attached hydrogens (tertiary/aromatic N) is 2. The van der Waals surface area contributed by atoms with E-state index in [1.807, 2.05) is 46.8 Å². The van der Waals surface area contributed by atoms with Crippen LogP contribution in [-0.4, -0.2) is 49.5 Å². The smallest absolute Gasteiger partial charge is 0.242 e. The quantitative estimate of drug-likeness (QED) is 0.410. The van der Waals surface area contributed by atoms with Crippen molar-refractivity contribution in [2.45, 2.75) is 72.5 Å². The van der Waals surface area contributed by atoms with Gasteiger partial charge in [-0.15, -0.1) is 0 Å². The first-order valence-corrected chi connectivity index (χ1v) is 14.7. The van der Waals surface area contributed by atoms with Gasteiger partial charge in [-0.05, 0) is 82.9 Å². The highest BCUT2D eigenvalue weighted by molar-refractivity contribution is 7.92. The van der Waals surface area contributed by atoms with E-state index in [2.05, 4.69) is 5.32 Å². The largest absolute Gasteiger partial charge is 0.350 e. The van der Waals surface area contributed by atoms with Crippen LogP contribution in [0.25, 0.3) is 0 Å². The zero-order valence-corrected chi connectivity index (χ0v) is 24.9. The van der Waals surface area contributed by atoms with Crippen molar-refractivity contribution in [3.8, 4) is 0 Å². The number of hydrogen-bond donors (Lipinski definition) is 1. The Kier molecular flexibility index (Phi) is 10.5. The zero-order valence-electron chi connectivity index (χ0n) is 22.6. The molecule has 1 unspecified atom stereocenters. The van der Waals surface area contributed by atoms with Crippen molar-refractivity contribution in [3.63, 3.8) is 0 Å². The lowest BCUT2D eigenvalue weighted by molar-refractivity contribution is -0.141. The molecule has 0 aliphatic carbocycles. The molecule has 37 heavy (non-hydrogen) atoms. The average molecular weight is 571 g/mol. The van der Waals surface area contributed by atoms with Crippen LogP contribution in [0, 0.1) is 13.8 Å². The molecule has 204 valence electrons. The number of nitrogens with one attached hydrogen (secondary N) is 1. The minimum Gasteiger partial charge on any atom is -0.350 e. The van der Waals surface area contributed by atoms with Crippen molar-refractivity contribution in [3.05, 3.63) is 63.1 Å². The van der Waals surface area contributed by atoms with E-state index in [4.69, 9.17) is 23.2 Å². The Labute approximate surface area is 231 Å². The molecule has 0 heterocycles. The Morgan fingerprint density at radius 3 is 2.27 bits per heavy atom. The molecule has 2 amide bonds. The molecular weight excluding hydrogens is 533 g/mol. The first-order chi connectivity index (χ1) is 17.0. The summed E-state index contributed by atoms with van der Waals surface area (Å²) in [6.45, 7) is 11.4. The van der Waals surface area contributed by atoms with Crippen LogP contribution >= 0.6 is 23.2 Å². The summed E-state index contributed by atoms with van der Waals surface area (Å²) in [6, 6.07) is 9.82. The predicted molar refractivity (Wildman–Crippen MR) is 152 cm³/mol. The van der Waals surface area contributed by atoms with Crippen molar-refractivity contribution in [2.75, 3.05) is 17.1 Å². The maximum atomic E-state index is 13.4. The van der Waals surface area contributed by atoms with Gasteiger partial charge in [0.15, 0.2) is 0 Å². The van der Waals surface area contributed by atoms with E-state index in [1.165, 1.54) is 9.21 Å². The van der Waals surface area contributed by atoms with Crippen LogP contribution in [0.5, 0.6) is 0 Å². The van der Waals surface area contributed by atoms with Crippen molar-refractivity contribution >= 4 is 50.7 Å². The minimum absolute atomic E-state index is 0.0609. The summed E-state index contributed by atoms with van der Waals surface area (Å²) >= 11 is 12.2. The number of aryl methyl sites for hydroxylation is 1. The highest BCUT2D eigenvalue weighted by Crippen LogP contribution is 2.26. The highest BCUT2D eigenvalue weighted by Gasteiger charge is 2.29. The van der Waals surface area contributed by atoms with Crippen LogP contribution in [0.2, 0.25) is 10.0 Å². The van der Waals surface area contributed by atoms with Gasteiger partial charge in [0.2, 0.25) is 21.8 Å². The summed E-state index contributed by atoms with van der Waals surface area (Å²) in [5.41, 5.74) is 2.71. The van der Waals surface area contributed by atoms with E-state index in [0.717, 1.165) is 22.9 Å². The van der Waals surface area contributed by atoms with Crippen LogP contribution in [0.1, 0.15) is 57.2 Å². The monoisotopic (exact) mass is 569 g/mol. The number of carbonyl (C=O) groups is 2. The molecule has 0 aromatic heterocycles. The van der Waals surface area contributed by atoms with Crippen LogP contribution < -0.4 is 9.62 Å². The first kappa shape index (κ1) is 30.9. The summed E-state index contributed by atoms with van der Waals surface area (Å²) in [5, 5.41) is 3.67. The number of sulfonamides is 1. The maximum Gasteiger partial charge on any atom is 0.242 e. The van der Waals surface area contributed by atoms with E-state index in [1.54, 1.807) is 31.2 Å². The lowest BCUT2D eigenvalue weighted by Gasteiger charge is -2.32. The molecule has 0 saturated heterocycles. The Hall–Kier alpha value is -2.29. The van der Waals surface area contributed by atoms with Gasteiger partial charge in [-0.1, -0.05) is 41.4 Å². The molecule has 0 radical (unpaired) electrons. The number of hydrogen-bond acceptors (Lipinski definition) is 4. The van der Waals surface area contributed by atoms with Gasteiger partial charge in [-0.25, -0.2) is 8.42 Å². The van der Waals surface area contributed by atoms with Crippen LogP contribution in [0.3, 0.4) is 0 Å². The number of anilines is 1. The van der Waals surface area contributed by atoms with E-state index < -0.39 is 21.6 Å². The molecular formula is C27H37Cl2N3O4S. The molecule has 0 aliphatic heterocycles. The molecule has 1 N–H and O–H groups in total. The van der Waals surface area contributed by atoms with E-state index in [-0.39, 0.29) is 37.7 Å². The normalized spacial score (nSPS) is 12.7. The van der Waals surface area contributed by atoms with Crippen molar-refractivity contribution in [1.29, 1.82) is 0 Å². The molecule has 0 bridgehead atoms. The summed E-state index contributed by atoms with van der Waals surface area (Å²) in [7, 11) is -3.57. The summed E-state index contributed by atoms with van der Waals surface area (Å²) in [5.74, 6) is -0.550. The molecule has 7 nitrogen and oxygen atoms in total.